The van der Waals surface area contributed by atoms with Crippen molar-refractivity contribution in [1.29, 1.82) is 0 Å². The zero-order valence-electron chi connectivity index (χ0n) is 18.3. The van der Waals surface area contributed by atoms with E-state index in [4.69, 9.17) is 18.6 Å². The van der Waals surface area contributed by atoms with Crippen molar-refractivity contribution in [3.05, 3.63) is 89.7 Å². The standard InChI is InChI=1S/C26H25NO5/c1-29-22-13-17(14-23(30-2)26(22)31-3)15-24(28)27-25(18-9-5-4-6-10-18)21-16-19-11-7-8-12-20(19)32-21/h4-14,16,25H,15H2,1-3H3,(H,27,28)/t25-/m1/s1. The van der Waals surface area contributed by atoms with Crippen LogP contribution in [0.4, 0.5) is 0 Å². The maximum absolute atomic E-state index is 13.1. The lowest BCUT2D eigenvalue weighted by atomic mass is 10.0. The van der Waals surface area contributed by atoms with E-state index in [1.165, 1.54) is 0 Å². The molecule has 0 aliphatic carbocycles. The van der Waals surface area contributed by atoms with Gasteiger partial charge in [0.2, 0.25) is 11.7 Å². The third-order valence-electron chi connectivity index (χ3n) is 5.26. The van der Waals surface area contributed by atoms with Crippen molar-refractivity contribution in [2.45, 2.75) is 12.5 Å². The molecule has 164 valence electrons. The predicted octanol–water partition coefficient (Wildman–Crippen LogP) is 4.91. The molecule has 0 aliphatic heterocycles. The van der Waals surface area contributed by atoms with Crippen molar-refractivity contribution >= 4 is 16.9 Å². The van der Waals surface area contributed by atoms with E-state index >= 15 is 0 Å². The molecule has 0 saturated heterocycles. The molecule has 6 nitrogen and oxygen atoms in total. The number of ether oxygens (including phenoxy) is 3. The normalized spacial score (nSPS) is 11.7. The van der Waals surface area contributed by atoms with Gasteiger partial charge >= 0.3 is 0 Å². The summed E-state index contributed by atoms with van der Waals surface area (Å²) in [5.41, 5.74) is 2.46. The third kappa shape index (κ3) is 4.39. The van der Waals surface area contributed by atoms with Gasteiger partial charge in [-0.25, -0.2) is 0 Å². The van der Waals surface area contributed by atoms with Gasteiger partial charge in [0.05, 0.1) is 27.8 Å². The molecule has 4 rings (SSSR count). The van der Waals surface area contributed by atoms with Gasteiger partial charge in [-0.05, 0) is 35.4 Å². The van der Waals surface area contributed by atoms with Crippen LogP contribution in [-0.4, -0.2) is 27.2 Å². The number of carbonyl (C=O) groups is 1. The average molecular weight is 431 g/mol. The number of fused-ring (bicyclic) bond motifs is 1. The fourth-order valence-electron chi connectivity index (χ4n) is 3.74. The Morgan fingerprint density at radius 3 is 2.16 bits per heavy atom. The average Bonchev–Trinajstić information content (AvgIpc) is 3.26. The minimum atomic E-state index is -0.418. The molecular formula is C26H25NO5. The molecule has 0 saturated carbocycles. The Morgan fingerprint density at radius 1 is 0.875 bits per heavy atom. The molecule has 1 heterocycles. The quantitative estimate of drug-likeness (QED) is 0.429. The Balaban J connectivity index is 1.62. The first kappa shape index (κ1) is 21.3. The van der Waals surface area contributed by atoms with E-state index in [1.54, 1.807) is 33.5 Å². The number of furan rings is 1. The number of hydrogen-bond donors (Lipinski definition) is 1. The largest absolute Gasteiger partial charge is 0.493 e. The second kappa shape index (κ2) is 9.47. The summed E-state index contributed by atoms with van der Waals surface area (Å²) in [7, 11) is 4.65. The van der Waals surface area contributed by atoms with Crippen LogP contribution in [0.2, 0.25) is 0 Å². The van der Waals surface area contributed by atoms with Crippen molar-refractivity contribution in [3.63, 3.8) is 0 Å². The molecule has 1 atom stereocenters. The second-order valence-corrected chi connectivity index (χ2v) is 7.31. The molecule has 0 bridgehead atoms. The number of hydrogen-bond acceptors (Lipinski definition) is 5. The lowest BCUT2D eigenvalue weighted by Gasteiger charge is -2.18. The monoisotopic (exact) mass is 431 g/mol. The molecule has 1 aromatic heterocycles. The molecule has 4 aromatic rings. The van der Waals surface area contributed by atoms with Gasteiger partial charge in [0.1, 0.15) is 17.4 Å². The highest BCUT2D eigenvalue weighted by Gasteiger charge is 2.22. The van der Waals surface area contributed by atoms with Crippen molar-refractivity contribution in [2.75, 3.05) is 21.3 Å². The molecule has 1 N–H and O–H groups in total. The fourth-order valence-corrected chi connectivity index (χ4v) is 3.74. The molecule has 3 aromatic carbocycles. The lowest BCUT2D eigenvalue weighted by Crippen LogP contribution is -2.30. The summed E-state index contributed by atoms with van der Waals surface area (Å²) in [5.74, 6) is 2.02. The first-order valence-electron chi connectivity index (χ1n) is 10.2. The third-order valence-corrected chi connectivity index (χ3v) is 5.26. The Kier molecular flexibility index (Phi) is 6.31. The molecule has 0 fully saturated rings. The molecular weight excluding hydrogens is 406 g/mol. The zero-order valence-corrected chi connectivity index (χ0v) is 18.3. The summed E-state index contributed by atoms with van der Waals surface area (Å²) in [6.45, 7) is 0. The lowest BCUT2D eigenvalue weighted by molar-refractivity contribution is -0.121. The van der Waals surface area contributed by atoms with E-state index in [0.717, 1.165) is 22.1 Å². The van der Waals surface area contributed by atoms with Gasteiger partial charge in [-0.15, -0.1) is 0 Å². The summed E-state index contributed by atoms with van der Waals surface area (Å²) in [5, 5.41) is 4.11. The number of amides is 1. The van der Waals surface area contributed by atoms with E-state index < -0.39 is 6.04 Å². The van der Waals surface area contributed by atoms with Crippen molar-refractivity contribution in [1.82, 2.24) is 5.32 Å². The summed E-state index contributed by atoms with van der Waals surface area (Å²) in [6, 6.07) is 22.7. The number of carbonyl (C=O) groups excluding carboxylic acids is 1. The molecule has 32 heavy (non-hydrogen) atoms. The molecule has 1 amide bonds. The van der Waals surface area contributed by atoms with Gasteiger partial charge in [-0.2, -0.15) is 0 Å². The van der Waals surface area contributed by atoms with Crippen LogP contribution >= 0.6 is 0 Å². The molecule has 0 unspecified atom stereocenters. The van der Waals surface area contributed by atoms with Crippen LogP contribution < -0.4 is 19.5 Å². The van der Waals surface area contributed by atoms with Gasteiger partial charge < -0.3 is 23.9 Å². The Labute approximate surface area is 186 Å². The van der Waals surface area contributed by atoms with Gasteiger partial charge in [-0.1, -0.05) is 48.5 Å². The minimum absolute atomic E-state index is 0.139. The maximum atomic E-state index is 13.1. The van der Waals surface area contributed by atoms with E-state index in [9.17, 15) is 4.79 Å². The van der Waals surface area contributed by atoms with Gasteiger partial charge in [-0.3, -0.25) is 4.79 Å². The summed E-state index contributed by atoms with van der Waals surface area (Å²) in [6.07, 6.45) is 0.139. The molecule has 0 aliphatic rings. The zero-order chi connectivity index (χ0) is 22.5. The van der Waals surface area contributed by atoms with E-state index in [0.29, 0.717) is 23.0 Å². The first-order chi connectivity index (χ1) is 15.6. The number of rotatable bonds is 8. The van der Waals surface area contributed by atoms with Crippen LogP contribution in [-0.2, 0) is 11.2 Å². The smallest absolute Gasteiger partial charge is 0.225 e. The number of nitrogens with one attached hydrogen (secondary N) is 1. The fraction of sp³-hybridized carbons (Fsp3) is 0.192. The van der Waals surface area contributed by atoms with Crippen LogP contribution in [0.15, 0.2) is 77.2 Å². The van der Waals surface area contributed by atoms with Gasteiger partial charge in [0, 0.05) is 5.39 Å². The van der Waals surface area contributed by atoms with Crippen LogP contribution in [0.5, 0.6) is 17.2 Å². The highest BCUT2D eigenvalue weighted by atomic mass is 16.5. The highest BCUT2D eigenvalue weighted by Crippen LogP contribution is 2.38. The maximum Gasteiger partial charge on any atom is 0.225 e. The van der Waals surface area contributed by atoms with Gasteiger partial charge in [0.25, 0.3) is 0 Å². The first-order valence-corrected chi connectivity index (χ1v) is 10.2. The summed E-state index contributed by atoms with van der Waals surface area (Å²) < 4.78 is 22.2. The van der Waals surface area contributed by atoms with Crippen LogP contribution in [0, 0.1) is 0 Å². The van der Waals surface area contributed by atoms with Crippen LogP contribution in [0.3, 0.4) is 0 Å². The van der Waals surface area contributed by atoms with Crippen molar-refractivity contribution < 1.29 is 23.4 Å². The van der Waals surface area contributed by atoms with Gasteiger partial charge in [0.15, 0.2) is 11.5 Å². The highest BCUT2D eigenvalue weighted by molar-refractivity contribution is 5.81. The Morgan fingerprint density at radius 2 is 1.53 bits per heavy atom. The second-order valence-electron chi connectivity index (χ2n) is 7.31. The number of benzene rings is 3. The molecule has 0 radical (unpaired) electrons. The Bertz CT molecular complexity index is 1160. The summed E-state index contributed by atoms with van der Waals surface area (Å²) in [4.78, 5) is 13.1. The number of methoxy groups -OCH3 is 3. The topological polar surface area (TPSA) is 69.9 Å². The van der Waals surface area contributed by atoms with Crippen molar-refractivity contribution in [2.24, 2.45) is 0 Å². The van der Waals surface area contributed by atoms with E-state index in [1.807, 2.05) is 60.7 Å². The van der Waals surface area contributed by atoms with E-state index in [-0.39, 0.29) is 12.3 Å². The SMILES string of the molecule is COc1cc(CC(=O)N[C@H](c2ccccc2)c2cc3ccccc3o2)cc(OC)c1OC. The molecule has 6 heteroatoms. The minimum Gasteiger partial charge on any atom is -0.493 e. The van der Waals surface area contributed by atoms with Crippen LogP contribution in [0.1, 0.15) is 22.9 Å². The summed E-state index contributed by atoms with van der Waals surface area (Å²) >= 11 is 0. The van der Waals surface area contributed by atoms with Crippen molar-refractivity contribution in [3.8, 4) is 17.2 Å². The van der Waals surface area contributed by atoms with Crippen LogP contribution in [0.25, 0.3) is 11.0 Å². The van der Waals surface area contributed by atoms with E-state index in [2.05, 4.69) is 5.32 Å². The predicted molar refractivity (Wildman–Crippen MR) is 122 cm³/mol. The number of para-hydroxylation sites is 1. The molecule has 0 spiro atoms. The Hall–Kier alpha value is -3.93.